The summed E-state index contributed by atoms with van der Waals surface area (Å²) in [6.07, 6.45) is 8.75. The van der Waals surface area contributed by atoms with Crippen LogP contribution in [-0.2, 0) is 11.3 Å². The summed E-state index contributed by atoms with van der Waals surface area (Å²) in [6, 6.07) is 2.83. The second-order valence-electron chi connectivity index (χ2n) is 5.87. The van der Waals surface area contributed by atoms with Crippen LogP contribution in [0.5, 0.6) is 0 Å². The summed E-state index contributed by atoms with van der Waals surface area (Å²) >= 11 is 0. The minimum atomic E-state index is 0.320. The zero-order valence-electron chi connectivity index (χ0n) is 12.6. The topological polar surface area (TPSA) is 26.2 Å². The molecule has 1 N–H and O–H groups in total. The normalized spacial score (nSPS) is 17.1. The van der Waals surface area contributed by atoms with Crippen molar-refractivity contribution in [2.75, 3.05) is 13.2 Å². The Hall–Kier alpha value is -0.800. The van der Waals surface area contributed by atoms with Gasteiger partial charge in [0.1, 0.15) is 0 Å². The average Bonchev–Trinajstić information content (AvgIpc) is 3.10. The molecule has 0 radical (unpaired) electrons. The Morgan fingerprint density at radius 1 is 1.42 bits per heavy atom. The van der Waals surface area contributed by atoms with Crippen LogP contribution in [-0.4, -0.2) is 23.8 Å². The van der Waals surface area contributed by atoms with E-state index in [0.717, 1.165) is 25.6 Å². The highest BCUT2D eigenvalue weighted by atomic mass is 16.5. The predicted molar refractivity (Wildman–Crippen MR) is 79.3 cm³/mol. The molecule has 1 fully saturated rings. The van der Waals surface area contributed by atoms with Crippen molar-refractivity contribution in [2.24, 2.45) is 5.92 Å². The number of rotatable bonds is 9. The molecule has 0 spiro atoms. The first-order valence-electron chi connectivity index (χ1n) is 7.71. The first kappa shape index (κ1) is 14.6. The molecule has 1 unspecified atom stereocenters. The maximum Gasteiger partial charge on any atom is 0.0648 e. The van der Waals surface area contributed by atoms with E-state index < -0.39 is 0 Å². The highest BCUT2D eigenvalue weighted by molar-refractivity contribution is 5.18. The van der Waals surface area contributed by atoms with Crippen molar-refractivity contribution in [3.05, 3.63) is 24.0 Å². The molecular weight excluding hydrogens is 236 g/mol. The van der Waals surface area contributed by atoms with Crippen molar-refractivity contribution < 1.29 is 4.74 Å². The summed E-state index contributed by atoms with van der Waals surface area (Å²) in [7, 11) is 0. The molecule has 1 aliphatic rings. The fourth-order valence-corrected chi connectivity index (χ4v) is 2.46. The molecule has 1 heterocycles. The van der Waals surface area contributed by atoms with E-state index in [1.165, 1.54) is 24.8 Å². The number of ether oxygens (including phenoxy) is 1. The molecular formula is C16H28N2O. The fraction of sp³-hybridized carbons (Fsp3) is 0.750. The van der Waals surface area contributed by atoms with Gasteiger partial charge in [-0.3, -0.25) is 0 Å². The van der Waals surface area contributed by atoms with Crippen LogP contribution in [0.25, 0.3) is 0 Å². The lowest BCUT2D eigenvalue weighted by atomic mass is 10.1. The largest absolute Gasteiger partial charge is 0.377 e. The van der Waals surface area contributed by atoms with Gasteiger partial charge in [0.05, 0.1) is 12.7 Å². The van der Waals surface area contributed by atoms with Gasteiger partial charge in [-0.25, -0.2) is 0 Å². The van der Waals surface area contributed by atoms with E-state index in [-0.39, 0.29) is 0 Å². The number of hydrogen-bond acceptors (Lipinski definition) is 2. The lowest BCUT2D eigenvalue weighted by Gasteiger charge is -2.16. The summed E-state index contributed by atoms with van der Waals surface area (Å²) in [6.45, 7) is 9.25. The first-order chi connectivity index (χ1) is 9.20. The Kier molecular flexibility index (Phi) is 5.46. The Bertz CT molecular complexity index is 369. The van der Waals surface area contributed by atoms with Gasteiger partial charge in [-0.15, -0.1) is 0 Å². The van der Waals surface area contributed by atoms with Gasteiger partial charge in [0, 0.05) is 25.0 Å². The molecule has 19 heavy (non-hydrogen) atoms. The number of nitrogens with zero attached hydrogens (tertiary/aromatic N) is 1. The minimum absolute atomic E-state index is 0.320. The molecule has 1 aliphatic carbocycles. The quantitative estimate of drug-likeness (QED) is 0.740. The standard InChI is InChI=1S/C16H28N2O/c1-4-8-17-16(14-5-6-14)15-7-9-18(12-15)10-11-19-13(2)3/h7,9,12-14,16-17H,4-6,8,10-11H2,1-3H3. The third-order valence-electron chi connectivity index (χ3n) is 3.64. The summed E-state index contributed by atoms with van der Waals surface area (Å²) < 4.78 is 7.85. The van der Waals surface area contributed by atoms with Crippen molar-refractivity contribution in [3.63, 3.8) is 0 Å². The van der Waals surface area contributed by atoms with Crippen LogP contribution >= 0.6 is 0 Å². The molecule has 1 atom stereocenters. The molecule has 2 rings (SSSR count). The Labute approximate surface area is 117 Å². The van der Waals surface area contributed by atoms with E-state index in [0.29, 0.717) is 12.1 Å². The maximum atomic E-state index is 5.60. The second kappa shape index (κ2) is 7.11. The average molecular weight is 264 g/mol. The van der Waals surface area contributed by atoms with Gasteiger partial charge in [0.2, 0.25) is 0 Å². The van der Waals surface area contributed by atoms with E-state index in [4.69, 9.17) is 4.74 Å². The SMILES string of the molecule is CCCNC(c1ccn(CCOC(C)C)c1)C1CC1. The van der Waals surface area contributed by atoms with Crippen LogP contribution < -0.4 is 5.32 Å². The van der Waals surface area contributed by atoms with Gasteiger partial charge in [0.25, 0.3) is 0 Å². The van der Waals surface area contributed by atoms with Crippen LogP contribution in [0.1, 0.15) is 51.6 Å². The van der Waals surface area contributed by atoms with Crippen molar-refractivity contribution in [1.29, 1.82) is 0 Å². The number of aromatic nitrogens is 1. The Balaban J connectivity index is 1.86. The Morgan fingerprint density at radius 3 is 2.84 bits per heavy atom. The van der Waals surface area contributed by atoms with Crippen LogP contribution in [0, 0.1) is 5.92 Å². The molecule has 3 heteroatoms. The van der Waals surface area contributed by atoms with Crippen molar-refractivity contribution in [3.8, 4) is 0 Å². The third kappa shape index (κ3) is 4.66. The summed E-state index contributed by atoms with van der Waals surface area (Å²) in [5.74, 6) is 0.856. The molecule has 1 aromatic heterocycles. The molecule has 1 saturated carbocycles. The van der Waals surface area contributed by atoms with Crippen LogP contribution in [0.3, 0.4) is 0 Å². The lowest BCUT2D eigenvalue weighted by molar-refractivity contribution is 0.0728. The molecule has 108 valence electrons. The highest BCUT2D eigenvalue weighted by Gasteiger charge is 2.32. The van der Waals surface area contributed by atoms with Gasteiger partial charge in [-0.1, -0.05) is 6.92 Å². The molecule has 0 aromatic carbocycles. The van der Waals surface area contributed by atoms with Crippen molar-refractivity contribution in [1.82, 2.24) is 9.88 Å². The monoisotopic (exact) mass is 264 g/mol. The first-order valence-corrected chi connectivity index (χ1v) is 7.71. The minimum Gasteiger partial charge on any atom is -0.377 e. The van der Waals surface area contributed by atoms with Gasteiger partial charge in [-0.2, -0.15) is 0 Å². The zero-order valence-corrected chi connectivity index (χ0v) is 12.6. The number of nitrogens with one attached hydrogen (secondary N) is 1. The van der Waals surface area contributed by atoms with E-state index >= 15 is 0 Å². The Morgan fingerprint density at radius 2 is 2.21 bits per heavy atom. The maximum absolute atomic E-state index is 5.60. The molecule has 1 aromatic rings. The van der Waals surface area contributed by atoms with Crippen molar-refractivity contribution in [2.45, 2.75) is 58.7 Å². The van der Waals surface area contributed by atoms with Gasteiger partial charge < -0.3 is 14.6 Å². The number of hydrogen-bond donors (Lipinski definition) is 1. The smallest absolute Gasteiger partial charge is 0.0648 e. The molecule has 0 aliphatic heterocycles. The molecule has 0 amide bonds. The fourth-order valence-electron chi connectivity index (χ4n) is 2.46. The summed E-state index contributed by atoms with van der Waals surface area (Å²) in [5.41, 5.74) is 1.44. The van der Waals surface area contributed by atoms with Crippen LogP contribution in [0.15, 0.2) is 18.5 Å². The zero-order chi connectivity index (χ0) is 13.7. The molecule has 0 saturated heterocycles. The van der Waals surface area contributed by atoms with E-state index in [9.17, 15) is 0 Å². The predicted octanol–water partition coefficient (Wildman–Crippen LogP) is 3.36. The van der Waals surface area contributed by atoms with Crippen molar-refractivity contribution >= 4 is 0 Å². The van der Waals surface area contributed by atoms with E-state index in [1.807, 2.05) is 0 Å². The highest BCUT2D eigenvalue weighted by Crippen LogP contribution is 2.41. The van der Waals surface area contributed by atoms with E-state index in [1.54, 1.807) is 0 Å². The molecule has 0 bridgehead atoms. The van der Waals surface area contributed by atoms with Gasteiger partial charge in [-0.05, 0) is 57.2 Å². The van der Waals surface area contributed by atoms with Crippen LogP contribution in [0.4, 0.5) is 0 Å². The van der Waals surface area contributed by atoms with Gasteiger partial charge >= 0.3 is 0 Å². The summed E-state index contributed by atoms with van der Waals surface area (Å²) in [4.78, 5) is 0. The van der Waals surface area contributed by atoms with Crippen LogP contribution in [0.2, 0.25) is 0 Å². The van der Waals surface area contributed by atoms with E-state index in [2.05, 4.69) is 49.1 Å². The van der Waals surface area contributed by atoms with Gasteiger partial charge in [0.15, 0.2) is 0 Å². The molecule has 3 nitrogen and oxygen atoms in total. The lowest BCUT2D eigenvalue weighted by Crippen LogP contribution is -2.23. The third-order valence-corrected chi connectivity index (χ3v) is 3.64. The second-order valence-corrected chi connectivity index (χ2v) is 5.87. The summed E-state index contributed by atoms with van der Waals surface area (Å²) in [5, 5.41) is 3.69.